The third-order valence-electron chi connectivity index (χ3n) is 3.54. The normalized spacial score (nSPS) is 12.6. The number of aromatic nitrogens is 5. The molecule has 1 amide bonds. The second kappa shape index (κ2) is 8.26. The number of halogens is 3. The van der Waals surface area contributed by atoms with Crippen LogP contribution in [0, 0.1) is 19.8 Å². The van der Waals surface area contributed by atoms with Gasteiger partial charge in [0, 0.05) is 5.69 Å². The fourth-order valence-electron chi connectivity index (χ4n) is 2.17. The number of alkyl halides is 2. The summed E-state index contributed by atoms with van der Waals surface area (Å²) in [6, 6.07) is 0. The largest absolute Gasteiger partial charge is 0.299 e. The number of rotatable bonds is 7. The summed E-state index contributed by atoms with van der Waals surface area (Å²) in [4.78, 5) is 12.5. The summed E-state index contributed by atoms with van der Waals surface area (Å²) < 4.78 is 29.7. The molecule has 2 aromatic rings. The Morgan fingerprint density at radius 3 is 2.56 bits per heavy atom. The van der Waals surface area contributed by atoms with E-state index >= 15 is 0 Å². The number of aryl methyl sites for hydroxylation is 1. The van der Waals surface area contributed by atoms with E-state index < -0.39 is 24.1 Å². The van der Waals surface area contributed by atoms with Crippen LogP contribution in [-0.4, -0.2) is 36.3 Å². The van der Waals surface area contributed by atoms with Gasteiger partial charge in [0.2, 0.25) is 16.9 Å². The Kier molecular flexibility index (Phi) is 6.55. The van der Waals surface area contributed by atoms with E-state index in [1.54, 1.807) is 11.6 Å². The van der Waals surface area contributed by atoms with Crippen molar-refractivity contribution in [3.8, 4) is 0 Å². The van der Waals surface area contributed by atoms with E-state index in [-0.39, 0.29) is 5.16 Å². The molecule has 1 unspecified atom stereocenters. The molecule has 0 saturated carbocycles. The van der Waals surface area contributed by atoms with Gasteiger partial charge in [-0.15, -0.1) is 10.2 Å². The molecule has 2 aromatic heterocycles. The van der Waals surface area contributed by atoms with Crippen LogP contribution in [0.25, 0.3) is 0 Å². The first-order valence-electron chi connectivity index (χ1n) is 7.62. The summed E-state index contributed by atoms with van der Waals surface area (Å²) in [5.41, 5.74) is 4.21. The molecule has 0 aromatic carbocycles. The molecule has 1 atom stereocenters. The number of carbonyl (C=O) groups is 1. The molecule has 0 aliphatic heterocycles. The molecule has 7 nitrogen and oxygen atoms in total. The van der Waals surface area contributed by atoms with Crippen LogP contribution in [0.1, 0.15) is 37.5 Å². The lowest BCUT2D eigenvalue weighted by molar-refractivity contribution is -0.120. The fourth-order valence-corrected chi connectivity index (χ4v) is 3.07. The molecule has 138 valence electrons. The number of hydrogen-bond acceptors (Lipinski definition) is 5. The second-order valence-corrected chi connectivity index (χ2v) is 7.48. The smallest absolute Gasteiger partial charge is 0.273 e. The van der Waals surface area contributed by atoms with Gasteiger partial charge in [0.25, 0.3) is 6.43 Å². The molecule has 2 heterocycles. The Morgan fingerprint density at radius 2 is 2.04 bits per heavy atom. The van der Waals surface area contributed by atoms with Crippen molar-refractivity contribution in [1.29, 1.82) is 0 Å². The molecule has 25 heavy (non-hydrogen) atoms. The van der Waals surface area contributed by atoms with Gasteiger partial charge in [-0.3, -0.25) is 14.9 Å². The van der Waals surface area contributed by atoms with E-state index in [0.29, 0.717) is 12.3 Å². The van der Waals surface area contributed by atoms with Crippen molar-refractivity contribution in [2.24, 2.45) is 5.92 Å². The van der Waals surface area contributed by atoms with Crippen molar-refractivity contribution in [3.63, 3.8) is 0 Å². The minimum atomic E-state index is -2.83. The molecule has 0 aliphatic carbocycles. The van der Waals surface area contributed by atoms with Crippen LogP contribution in [0.5, 0.6) is 0 Å². The van der Waals surface area contributed by atoms with Crippen LogP contribution in [0.4, 0.5) is 8.78 Å². The maximum atomic E-state index is 13.1. The Bertz CT molecular complexity index is 763. The molecule has 0 bridgehead atoms. The number of carbonyl (C=O) groups excluding carboxylic acids is 1. The monoisotopic (exact) mass is 436 g/mol. The topological polar surface area (TPSA) is 77.6 Å². The number of nitrogens with zero attached hydrogens (tertiary/aromatic N) is 5. The summed E-state index contributed by atoms with van der Waals surface area (Å²) in [5, 5.41) is 11.8. The second-order valence-electron chi connectivity index (χ2n) is 5.45. The maximum Gasteiger partial charge on any atom is 0.299 e. The zero-order valence-corrected chi connectivity index (χ0v) is 16.7. The average molecular weight is 437 g/mol. The minimum absolute atomic E-state index is 0.229. The van der Waals surface area contributed by atoms with E-state index in [1.165, 1.54) is 11.8 Å². The molecule has 2 rings (SSSR count). The summed E-state index contributed by atoms with van der Waals surface area (Å²) in [6.07, 6.45) is -2.83. The van der Waals surface area contributed by atoms with Crippen LogP contribution in [0.2, 0.25) is 0 Å². The minimum Gasteiger partial charge on any atom is -0.273 e. The number of thioether (sulfide) groups is 1. The van der Waals surface area contributed by atoms with Crippen molar-refractivity contribution in [2.75, 3.05) is 11.2 Å². The van der Waals surface area contributed by atoms with Crippen LogP contribution in [0.3, 0.4) is 0 Å². The van der Waals surface area contributed by atoms with E-state index in [1.807, 2.05) is 20.8 Å². The average Bonchev–Trinajstić information content (AvgIpc) is 3.05. The highest BCUT2D eigenvalue weighted by molar-refractivity contribution is 9.10. The van der Waals surface area contributed by atoms with E-state index in [9.17, 15) is 13.6 Å². The molecule has 1 N–H and O–H groups in total. The maximum absolute atomic E-state index is 13.1. The first-order chi connectivity index (χ1) is 11.8. The first-order valence-corrected chi connectivity index (χ1v) is 9.40. The summed E-state index contributed by atoms with van der Waals surface area (Å²) in [6.45, 7) is 7.64. The molecule has 0 spiro atoms. The Morgan fingerprint density at radius 1 is 1.36 bits per heavy atom. The van der Waals surface area contributed by atoms with Crippen LogP contribution < -0.4 is 5.43 Å². The van der Waals surface area contributed by atoms with Crippen LogP contribution >= 0.6 is 27.7 Å². The lowest BCUT2D eigenvalue weighted by Crippen LogP contribution is -2.32. The van der Waals surface area contributed by atoms with E-state index in [2.05, 4.69) is 36.7 Å². The van der Waals surface area contributed by atoms with Crippen LogP contribution in [-0.2, 0) is 11.3 Å². The van der Waals surface area contributed by atoms with Crippen LogP contribution in [0.15, 0.2) is 9.63 Å². The van der Waals surface area contributed by atoms with Gasteiger partial charge in [-0.2, -0.15) is 5.10 Å². The highest BCUT2D eigenvalue weighted by atomic mass is 79.9. The zero-order valence-electron chi connectivity index (χ0n) is 14.3. The fraction of sp³-hybridized carbons (Fsp3) is 0.571. The molecule has 0 saturated heterocycles. The Labute approximate surface area is 156 Å². The van der Waals surface area contributed by atoms with Crippen molar-refractivity contribution < 1.29 is 13.6 Å². The lowest BCUT2D eigenvalue weighted by atomic mass is 10.1. The number of amides is 1. The van der Waals surface area contributed by atoms with Crippen molar-refractivity contribution in [2.45, 2.75) is 45.8 Å². The van der Waals surface area contributed by atoms with Gasteiger partial charge in [0.15, 0.2) is 0 Å². The van der Waals surface area contributed by atoms with Gasteiger partial charge in [0.1, 0.15) is 0 Å². The third kappa shape index (κ3) is 4.38. The highest BCUT2D eigenvalue weighted by Crippen LogP contribution is 2.23. The predicted molar refractivity (Wildman–Crippen MR) is 94.3 cm³/mol. The summed E-state index contributed by atoms with van der Waals surface area (Å²) in [7, 11) is 0. The van der Waals surface area contributed by atoms with Crippen molar-refractivity contribution in [3.05, 3.63) is 21.7 Å². The number of hydrogen-bond donors (Lipinski definition) is 1. The Hall–Kier alpha value is -1.49. The Balaban J connectivity index is 2.15. The van der Waals surface area contributed by atoms with E-state index in [4.69, 9.17) is 0 Å². The molecular formula is C14H19BrF2N6OS. The zero-order chi connectivity index (χ0) is 18.7. The predicted octanol–water partition coefficient (Wildman–Crippen LogP) is 3.31. The van der Waals surface area contributed by atoms with E-state index in [0.717, 1.165) is 20.5 Å². The van der Waals surface area contributed by atoms with Gasteiger partial charge in [-0.05, 0) is 35.5 Å². The summed E-state index contributed by atoms with van der Waals surface area (Å²) in [5.74, 6) is -0.863. The van der Waals surface area contributed by atoms with Gasteiger partial charge < -0.3 is 0 Å². The first kappa shape index (κ1) is 19.8. The molecular weight excluding hydrogens is 418 g/mol. The highest BCUT2D eigenvalue weighted by Gasteiger charge is 2.24. The SMILES string of the molecule is CCSc1nnc(C(F)F)n1NC(=O)C(C)Cn1nc(C)c(Br)c1C. The standard InChI is InChI=1S/C14H19BrF2N6OS/c1-5-25-14-19-18-12(11(16)17)23(14)21-13(24)7(2)6-22-9(4)10(15)8(3)20-22/h7,11H,5-6H2,1-4H3,(H,21,24). The molecule has 0 radical (unpaired) electrons. The van der Waals surface area contributed by atoms with Gasteiger partial charge in [0.05, 0.1) is 22.6 Å². The summed E-state index contributed by atoms with van der Waals surface area (Å²) >= 11 is 4.66. The van der Waals surface area contributed by atoms with Gasteiger partial charge >= 0.3 is 0 Å². The quantitative estimate of drug-likeness (QED) is 0.673. The van der Waals surface area contributed by atoms with Crippen molar-refractivity contribution >= 4 is 33.6 Å². The molecule has 0 aliphatic rings. The van der Waals surface area contributed by atoms with Gasteiger partial charge in [-0.25, -0.2) is 13.5 Å². The van der Waals surface area contributed by atoms with Crippen molar-refractivity contribution in [1.82, 2.24) is 24.7 Å². The number of nitrogens with one attached hydrogen (secondary N) is 1. The third-order valence-corrected chi connectivity index (χ3v) is 5.50. The molecule has 11 heteroatoms. The molecule has 0 fully saturated rings. The van der Waals surface area contributed by atoms with Gasteiger partial charge in [-0.1, -0.05) is 25.6 Å². The lowest BCUT2D eigenvalue weighted by Gasteiger charge is -2.16.